The van der Waals surface area contributed by atoms with Crippen molar-refractivity contribution in [2.75, 3.05) is 0 Å². The van der Waals surface area contributed by atoms with E-state index in [0.29, 0.717) is 0 Å². The summed E-state index contributed by atoms with van der Waals surface area (Å²) in [5, 5.41) is 9.31. The van der Waals surface area contributed by atoms with Crippen molar-refractivity contribution in [2.24, 2.45) is 0 Å². The molecule has 5 nitrogen and oxygen atoms in total. The molecule has 0 spiro atoms. The fourth-order valence-electron chi connectivity index (χ4n) is 11.3. The second-order valence-electron chi connectivity index (χ2n) is 17.5. The van der Waals surface area contributed by atoms with Crippen LogP contribution in [0.3, 0.4) is 0 Å². The number of rotatable bonds is 4. The highest BCUT2D eigenvalue weighted by molar-refractivity contribution is 6.29. The minimum Gasteiger partial charge on any atom is -0.455 e. The molecule has 0 aliphatic carbocycles. The van der Waals surface area contributed by atoms with Crippen LogP contribution >= 0.6 is 0 Å². The summed E-state index contributed by atoms with van der Waals surface area (Å²) in [6, 6.07) is 77.4. The average molecular weight is 830 g/mol. The summed E-state index contributed by atoms with van der Waals surface area (Å²) >= 11 is 0. The van der Waals surface area contributed by atoms with Gasteiger partial charge in [-0.05, 0) is 108 Å². The summed E-state index contributed by atoms with van der Waals surface area (Å²) < 4.78 is 12.1. The molecule has 0 bridgehead atoms. The molecule has 0 fully saturated rings. The lowest BCUT2D eigenvalue weighted by molar-refractivity contribution is -0.677. The second-order valence-corrected chi connectivity index (χ2v) is 17.5. The van der Waals surface area contributed by atoms with Crippen LogP contribution in [0.25, 0.3) is 121 Å². The first-order valence-corrected chi connectivity index (χ1v) is 22.3. The Kier molecular flexibility index (Phi) is 6.96. The molecule has 65 heavy (non-hydrogen) atoms. The first-order chi connectivity index (χ1) is 32.2. The van der Waals surface area contributed by atoms with Gasteiger partial charge in [0.2, 0.25) is 0 Å². The van der Waals surface area contributed by atoms with Gasteiger partial charge in [-0.25, -0.2) is 4.90 Å². The van der Waals surface area contributed by atoms with Gasteiger partial charge in [-0.1, -0.05) is 103 Å². The lowest BCUT2D eigenvalue weighted by Gasteiger charge is -2.15. The van der Waals surface area contributed by atoms with Crippen LogP contribution in [0.2, 0.25) is 0 Å². The second kappa shape index (κ2) is 13.0. The van der Waals surface area contributed by atoms with Crippen molar-refractivity contribution < 1.29 is 9.32 Å². The minimum atomic E-state index is 0.913. The number of nitrogens with one attached hydrogen (secondary N) is 2. The highest BCUT2D eigenvalue weighted by Gasteiger charge is 2.34. The third-order valence-electron chi connectivity index (χ3n) is 14.1. The predicted molar refractivity (Wildman–Crippen MR) is 269 cm³/mol. The largest absolute Gasteiger partial charge is 0.455 e. The Morgan fingerprint density at radius 2 is 0.954 bits per heavy atom. The minimum absolute atomic E-state index is 0.913. The van der Waals surface area contributed by atoms with E-state index >= 15 is 0 Å². The van der Waals surface area contributed by atoms with Gasteiger partial charge in [0.15, 0.2) is 0 Å². The van der Waals surface area contributed by atoms with E-state index in [9.17, 15) is 0 Å². The fourth-order valence-corrected chi connectivity index (χ4v) is 11.3. The van der Waals surface area contributed by atoms with Crippen LogP contribution in [0.5, 0.6) is 0 Å². The number of aromatic nitrogens is 3. The summed E-state index contributed by atoms with van der Waals surface area (Å²) in [7, 11) is 0. The van der Waals surface area contributed by atoms with Crippen LogP contribution in [0.15, 0.2) is 217 Å². The fraction of sp³-hybridized carbons (Fsp3) is 0. The number of benzene rings is 10. The van der Waals surface area contributed by atoms with Crippen LogP contribution < -0.4 is 4.90 Å². The number of fused-ring (bicyclic) bond motifs is 17. The average Bonchev–Trinajstić information content (AvgIpc) is 4.17. The first-order valence-electron chi connectivity index (χ1n) is 22.3. The van der Waals surface area contributed by atoms with Gasteiger partial charge in [0.1, 0.15) is 28.2 Å². The molecule has 10 aromatic carbocycles. The number of furan rings is 1. The maximum absolute atomic E-state index is 7.31. The number of nitrogens with zero attached hydrogens (tertiary/aromatic N) is 2. The van der Waals surface area contributed by atoms with Crippen LogP contribution in [0.1, 0.15) is 0 Å². The van der Waals surface area contributed by atoms with Crippen molar-refractivity contribution >= 4 is 104 Å². The normalized spacial score (nSPS) is 13.7. The number of para-hydroxylation sites is 5. The third kappa shape index (κ3) is 4.79. The zero-order valence-corrected chi connectivity index (χ0v) is 35.0. The summed E-state index contributed by atoms with van der Waals surface area (Å²) in [4.78, 5) is 4.87. The van der Waals surface area contributed by atoms with E-state index in [-0.39, 0.29) is 0 Å². The van der Waals surface area contributed by atoms with Crippen molar-refractivity contribution in [1.82, 2.24) is 14.1 Å². The molecule has 0 radical (unpaired) electrons. The van der Waals surface area contributed by atoms with Gasteiger partial charge < -0.3 is 18.5 Å². The summed E-state index contributed by atoms with van der Waals surface area (Å²) in [5.74, 6) is 0. The monoisotopic (exact) mass is 829 g/mol. The molecule has 5 heteroatoms. The van der Waals surface area contributed by atoms with E-state index in [1.54, 1.807) is 0 Å². The molecule has 302 valence electrons. The van der Waals surface area contributed by atoms with E-state index in [1.165, 1.54) is 65.8 Å². The Balaban J connectivity index is 0.924. The summed E-state index contributed by atoms with van der Waals surface area (Å²) in [6.07, 6.45) is 0. The Morgan fingerprint density at radius 1 is 0.354 bits per heavy atom. The highest BCUT2D eigenvalue weighted by atomic mass is 16.3. The molecule has 1 unspecified atom stereocenters. The van der Waals surface area contributed by atoms with Crippen molar-refractivity contribution in [3.05, 3.63) is 212 Å². The Labute approximate surface area is 372 Å². The topological polar surface area (TPSA) is 43.2 Å². The van der Waals surface area contributed by atoms with E-state index in [4.69, 9.17) is 4.42 Å². The van der Waals surface area contributed by atoms with Crippen molar-refractivity contribution in [3.8, 4) is 33.6 Å². The molecule has 15 rings (SSSR count). The molecule has 0 saturated heterocycles. The van der Waals surface area contributed by atoms with Gasteiger partial charge >= 0.3 is 0 Å². The molecular formula is C60H37N4O+. The van der Waals surface area contributed by atoms with Gasteiger partial charge in [-0.15, -0.1) is 0 Å². The molecule has 0 amide bonds. The van der Waals surface area contributed by atoms with Gasteiger partial charge in [-0.3, -0.25) is 0 Å². The standard InChI is InChI=1S/C60H36N4O/c1-2-14-38(15-3-1)62-51-22-9-5-18-42(51)48-35-40(26-30-54(48)62)64-53-24-11-7-20-46(53)58-56(64)32-28-44-43-27-31-55-57(59(43)65-60(44)58)45-19-6-10-23-52(45)63(55)39-16-12-13-36(33-39)37-25-29-50-47(34-37)41-17-4-8-21-49(41)61-50/h1-35,61H/p+1. The first kappa shape index (κ1) is 34.9. The third-order valence-corrected chi connectivity index (χ3v) is 14.1. The number of quaternary nitrogens is 1. The van der Waals surface area contributed by atoms with E-state index < -0.39 is 0 Å². The Hall–Kier alpha value is -8.64. The Bertz CT molecular complexity index is 4310. The molecule has 1 aliphatic heterocycles. The van der Waals surface area contributed by atoms with Crippen molar-refractivity contribution in [1.29, 1.82) is 0 Å². The summed E-state index contributed by atoms with van der Waals surface area (Å²) in [6.45, 7) is 0. The van der Waals surface area contributed by atoms with E-state index in [0.717, 1.165) is 77.2 Å². The quantitative estimate of drug-likeness (QED) is 0.182. The molecule has 4 aromatic heterocycles. The molecule has 2 N–H and O–H groups in total. The van der Waals surface area contributed by atoms with Gasteiger partial charge in [0, 0.05) is 72.4 Å². The number of hydrogen-bond donors (Lipinski definition) is 2. The van der Waals surface area contributed by atoms with E-state index in [2.05, 4.69) is 226 Å². The maximum atomic E-state index is 7.31. The molecular weight excluding hydrogens is 793 g/mol. The Morgan fingerprint density at radius 3 is 1.71 bits per heavy atom. The zero-order valence-electron chi connectivity index (χ0n) is 35.0. The molecule has 1 atom stereocenters. The smallest absolute Gasteiger partial charge is 0.149 e. The predicted octanol–water partition coefficient (Wildman–Crippen LogP) is 15.2. The van der Waals surface area contributed by atoms with Crippen molar-refractivity contribution in [2.45, 2.75) is 0 Å². The molecule has 0 saturated carbocycles. The highest BCUT2D eigenvalue weighted by Crippen LogP contribution is 2.46. The SMILES string of the molecule is c1ccc([NH+]2c3ccccc3-c3cc(-n4c5ccccc5c5c6oc7c(ccc8c7c7ccccc7n8-c7cccc(-c8ccc9[nH]c%10ccccc%10c9c8)c7)c6ccc54)ccc32)cc1. The number of aromatic amines is 1. The summed E-state index contributed by atoms with van der Waals surface area (Å²) in [5.41, 5.74) is 19.6. The van der Waals surface area contributed by atoms with Gasteiger partial charge in [0.05, 0.1) is 38.4 Å². The number of H-pyrrole nitrogens is 1. The lowest BCUT2D eigenvalue weighted by Crippen LogP contribution is -2.95. The van der Waals surface area contributed by atoms with Crippen molar-refractivity contribution in [3.63, 3.8) is 0 Å². The van der Waals surface area contributed by atoms with Crippen LogP contribution in [0.4, 0.5) is 17.1 Å². The molecule has 14 aromatic rings. The van der Waals surface area contributed by atoms with Crippen LogP contribution in [-0.4, -0.2) is 14.1 Å². The van der Waals surface area contributed by atoms with Crippen LogP contribution in [-0.2, 0) is 0 Å². The zero-order chi connectivity index (χ0) is 42.3. The maximum Gasteiger partial charge on any atom is 0.149 e. The van der Waals surface area contributed by atoms with Gasteiger partial charge in [0.25, 0.3) is 0 Å². The lowest BCUT2D eigenvalue weighted by atomic mass is 10.0. The molecule has 1 aliphatic rings. The van der Waals surface area contributed by atoms with Crippen LogP contribution in [0, 0.1) is 0 Å². The van der Waals surface area contributed by atoms with Gasteiger partial charge in [-0.2, -0.15) is 0 Å². The molecule has 5 heterocycles. The number of hydrogen-bond acceptors (Lipinski definition) is 1. The van der Waals surface area contributed by atoms with E-state index in [1.807, 2.05) is 0 Å².